The van der Waals surface area contributed by atoms with Gasteiger partial charge in [0.05, 0.1) is 12.2 Å². The summed E-state index contributed by atoms with van der Waals surface area (Å²) in [6, 6.07) is 1.47. The summed E-state index contributed by atoms with van der Waals surface area (Å²) in [5.41, 5.74) is 0.930. The van der Waals surface area contributed by atoms with Crippen molar-refractivity contribution in [1.82, 2.24) is 19.7 Å². The Morgan fingerprint density at radius 1 is 1.53 bits per heavy atom. The van der Waals surface area contributed by atoms with Gasteiger partial charge in [-0.15, -0.1) is 5.10 Å². The van der Waals surface area contributed by atoms with Crippen molar-refractivity contribution in [3.63, 3.8) is 0 Å². The molecule has 2 heterocycles. The van der Waals surface area contributed by atoms with Crippen molar-refractivity contribution >= 4 is 5.97 Å². The Morgan fingerprint density at radius 2 is 2.26 bits per heavy atom. The van der Waals surface area contributed by atoms with Gasteiger partial charge in [-0.2, -0.15) is 0 Å². The van der Waals surface area contributed by atoms with Crippen LogP contribution in [0.3, 0.4) is 0 Å². The Bertz CT molecular complexity index is 672. The topological polar surface area (TPSA) is 89.9 Å². The number of nitrogens with zero attached hydrogens (tertiary/aromatic N) is 3. The van der Waals surface area contributed by atoms with Gasteiger partial charge in [0.25, 0.3) is 5.82 Å². The maximum atomic E-state index is 11.9. The summed E-state index contributed by atoms with van der Waals surface area (Å²) >= 11 is 0. The van der Waals surface area contributed by atoms with E-state index in [-0.39, 0.29) is 17.9 Å². The van der Waals surface area contributed by atoms with E-state index in [1.807, 2.05) is 0 Å². The minimum absolute atomic E-state index is 0.0562. The molecule has 1 N–H and O–H groups in total. The lowest BCUT2D eigenvalue weighted by molar-refractivity contribution is 0.0512. The van der Waals surface area contributed by atoms with E-state index in [0.29, 0.717) is 11.4 Å². The molecule has 0 bridgehead atoms. The van der Waals surface area contributed by atoms with Crippen molar-refractivity contribution in [3.05, 3.63) is 34.0 Å². The van der Waals surface area contributed by atoms with Crippen LogP contribution in [0.2, 0.25) is 0 Å². The first kappa shape index (κ1) is 13.0. The molecule has 0 atom stereocenters. The van der Waals surface area contributed by atoms with Crippen molar-refractivity contribution in [2.24, 2.45) is 7.05 Å². The monoisotopic (exact) mass is 262 g/mol. The van der Waals surface area contributed by atoms with E-state index >= 15 is 0 Å². The van der Waals surface area contributed by atoms with Crippen LogP contribution in [-0.2, 0) is 11.8 Å². The van der Waals surface area contributed by atoms with Gasteiger partial charge in [0.2, 0.25) is 0 Å². The largest absolute Gasteiger partial charge is 0.460 e. The third kappa shape index (κ3) is 2.54. The normalized spacial score (nSPS) is 10.5. The second kappa shape index (κ2) is 5.05. The van der Waals surface area contributed by atoms with Crippen LogP contribution < -0.4 is 5.43 Å². The summed E-state index contributed by atoms with van der Waals surface area (Å²) in [5, 5.41) is 3.95. The van der Waals surface area contributed by atoms with Gasteiger partial charge in [0.1, 0.15) is 0 Å². The third-order valence-electron chi connectivity index (χ3n) is 2.52. The summed E-state index contributed by atoms with van der Waals surface area (Å²) < 4.78 is 6.20. The van der Waals surface area contributed by atoms with Crippen LogP contribution in [0, 0.1) is 6.92 Å². The lowest BCUT2D eigenvalue weighted by Crippen LogP contribution is -2.08. The number of hydrogen-bond donors (Lipinski definition) is 1. The first-order chi connectivity index (χ1) is 9.02. The quantitative estimate of drug-likeness (QED) is 0.820. The zero-order valence-electron chi connectivity index (χ0n) is 10.9. The van der Waals surface area contributed by atoms with Gasteiger partial charge in [-0.1, -0.05) is 0 Å². The Hall–Kier alpha value is -2.44. The highest BCUT2D eigenvalue weighted by molar-refractivity contribution is 5.85. The number of nitrogens with one attached hydrogen (secondary N) is 1. The van der Waals surface area contributed by atoms with Gasteiger partial charge in [0.15, 0.2) is 11.3 Å². The first-order valence-corrected chi connectivity index (χ1v) is 5.80. The van der Waals surface area contributed by atoms with Gasteiger partial charge in [-0.3, -0.25) is 4.79 Å². The molecule has 0 aliphatic carbocycles. The number of aromatic amines is 1. The van der Waals surface area contributed by atoms with E-state index in [9.17, 15) is 9.59 Å². The summed E-state index contributed by atoms with van der Waals surface area (Å²) in [4.78, 5) is 30.4. The van der Waals surface area contributed by atoms with Crippen LogP contribution in [-0.4, -0.2) is 32.3 Å². The van der Waals surface area contributed by atoms with Crippen LogP contribution in [0.4, 0.5) is 0 Å². The lowest BCUT2D eigenvalue weighted by atomic mass is 10.2. The average Bonchev–Trinajstić information content (AvgIpc) is 2.72. The van der Waals surface area contributed by atoms with Gasteiger partial charge in [-0.25, -0.2) is 14.5 Å². The number of aromatic nitrogens is 4. The molecule has 0 aliphatic heterocycles. The SMILES string of the molecule is CCOC(=O)c1nc(-c2c[nH]c(C)cc2=O)n(C)n1. The fourth-order valence-electron chi connectivity index (χ4n) is 1.65. The fraction of sp³-hybridized carbons (Fsp3) is 0.333. The smallest absolute Gasteiger partial charge is 0.378 e. The number of carbonyl (C=O) groups is 1. The van der Waals surface area contributed by atoms with Crippen molar-refractivity contribution in [2.45, 2.75) is 13.8 Å². The number of H-pyrrole nitrogens is 1. The van der Waals surface area contributed by atoms with Crippen LogP contribution in [0.25, 0.3) is 11.4 Å². The molecule has 0 saturated carbocycles. The third-order valence-corrected chi connectivity index (χ3v) is 2.52. The molecular weight excluding hydrogens is 248 g/mol. The highest BCUT2D eigenvalue weighted by atomic mass is 16.5. The minimum Gasteiger partial charge on any atom is -0.460 e. The highest BCUT2D eigenvalue weighted by Gasteiger charge is 2.18. The molecule has 0 amide bonds. The number of esters is 1. The van der Waals surface area contributed by atoms with E-state index in [2.05, 4.69) is 15.1 Å². The molecule has 0 aromatic carbocycles. The van der Waals surface area contributed by atoms with Crippen LogP contribution in [0.5, 0.6) is 0 Å². The van der Waals surface area contributed by atoms with Gasteiger partial charge >= 0.3 is 5.97 Å². The van der Waals surface area contributed by atoms with E-state index in [1.54, 1.807) is 27.1 Å². The summed E-state index contributed by atoms with van der Waals surface area (Å²) in [5.74, 6) is -0.337. The Morgan fingerprint density at radius 3 is 2.89 bits per heavy atom. The lowest BCUT2D eigenvalue weighted by Gasteiger charge is -1.99. The van der Waals surface area contributed by atoms with E-state index in [0.717, 1.165) is 5.69 Å². The van der Waals surface area contributed by atoms with Crippen molar-refractivity contribution in [2.75, 3.05) is 6.61 Å². The maximum Gasteiger partial charge on any atom is 0.378 e. The van der Waals surface area contributed by atoms with Gasteiger partial charge < -0.3 is 9.72 Å². The van der Waals surface area contributed by atoms with E-state index in [4.69, 9.17) is 4.74 Å². The number of hydrogen-bond acceptors (Lipinski definition) is 5. The Balaban J connectivity index is 2.46. The molecular formula is C12H14N4O3. The standard InChI is InChI=1S/C12H14N4O3/c1-4-19-12(18)10-14-11(16(3)15-10)8-6-13-7(2)5-9(8)17/h5-6H,4H2,1-3H3,(H,13,17). The van der Waals surface area contributed by atoms with Crippen molar-refractivity contribution < 1.29 is 9.53 Å². The van der Waals surface area contributed by atoms with Crippen LogP contribution in [0.1, 0.15) is 23.2 Å². The minimum atomic E-state index is -0.604. The molecule has 0 aliphatic rings. The molecule has 19 heavy (non-hydrogen) atoms. The molecule has 7 nitrogen and oxygen atoms in total. The second-order valence-electron chi connectivity index (χ2n) is 4.00. The van der Waals surface area contributed by atoms with E-state index in [1.165, 1.54) is 10.7 Å². The van der Waals surface area contributed by atoms with Gasteiger partial charge in [-0.05, 0) is 13.8 Å². The second-order valence-corrected chi connectivity index (χ2v) is 4.00. The number of ether oxygens (including phenoxy) is 1. The molecule has 2 aromatic rings. The van der Waals surface area contributed by atoms with Crippen molar-refractivity contribution in [3.8, 4) is 11.4 Å². The molecule has 2 rings (SSSR count). The number of carbonyl (C=O) groups excluding carboxylic acids is 1. The number of rotatable bonds is 3. The molecule has 2 aromatic heterocycles. The molecule has 0 saturated heterocycles. The maximum absolute atomic E-state index is 11.9. The zero-order chi connectivity index (χ0) is 14.0. The average molecular weight is 262 g/mol. The zero-order valence-corrected chi connectivity index (χ0v) is 10.9. The van der Waals surface area contributed by atoms with Crippen LogP contribution >= 0.6 is 0 Å². The molecule has 7 heteroatoms. The molecule has 0 spiro atoms. The molecule has 0 unspecified atom stereocenters. The van der Waals surface area contributed by atoms with Crippen molar-refractivity contribution in [1.29, 1.82) is 0 Å². The predicted octanol–water partition coefficient (Wildman–Crippen LogP) is 0.656. The number of aryl methyl sites for hydroxylation is 2. The fourth-order valence-corrected chi connectivity index (χ4v) is 1.65. The molecule has 100 valence electrons. The van der Waals surface area contributed by atoms with Gasteiger partial charge in [0, 0.05) is 25.0 Å². The summed E-state index contributed by atoms with van der Waals surface area (Å²) in [6.07, 6.45) is 1.55. The predicted molar refractivity (Wildman–Crippen MR) is 67.8 cm³/mol. The molecule has 0 radical (unpaired) electrons. The summed E-state index contributed by atoms with van der Waals surface area (Å²) in [6.45, 7) is 3.73. The highest BCUT2D eigenvalue weighted by Crippen LogP contribution is 2.12. The molecule has 0 fully saturated rings. The Labute approximate surface area is 109 Å². The van der Waals surface area contributed by atoms with E-state index < -0.39 is 5.97 Å². The van der Waals surface area contributed by atoms with Crippen LogP contribution in [0.15, 0.2) is 17.1 Å². The number of pyridine rings is 1. The summed E-state index contributed by atoms with van der Waals surface area (Å²) in [7, 11) is 1.62. The first-order valence-electron chi connectivity index (χ1n) is 5.80. The Kier molecular flexibility index (Phi) is 3.46.